The highest BCUT2D eigenvalue weighted by molar-refractivity contribution is 4.89. The maximum Gasteiger partial charge on any atom is 0.331 e. The summed E-state index contributed by atoms with van der Waals surface area (Å²) in [6.07, 6.45) is 5.14. The van der Waals surface area contributed by atoms with Crippen LogP contribution in [0.25, 0.3) is 0 Å². The molecule has 0 N–H and O–H groups in total. The van der Waals surface area contributed by atoms with Crippen molar-refractivity contribution in [3.8, 4) is 6.07 Å². The molecule has 0 aromatic heterocycles. The number of alkyl halides is 2. The van der Waals surface area contributed by atoms with Gasteiger partial charge in [-0.2, -0.15) is 14.0 Å². The van der Waals surface area contributed by atoms with Gasteiger partial charge in [0.1, 0.15) is 6.07 Å². The largest absolute Gasteiger partial charge is 0.331 e. The van der Waals surface area contributed by atoms with Crippen molar-refractivity contribution in [2.45, 2.75) is 58.8 Å². The molecule has 0 aliphatic rings. The fraction of sp³-hybridized carbons (Fsp3) is 0.900. The summed E-state index contributed by atoms with van der Waals surface area (Å²) < 4.78 is 23.0. The Kier molecular flexibility index (Phi) is 10.8. The third-order valence-electron chi connectivity index (χ3n) is 1.56. The van der Waals surface area contributed by atoms with Crippen molar-refractivity contribution >= 4 is 0 Å². The third-order valence-corrected chi connectivity index (χ3v) is 1.56. The van der Waals surface area contributed by atoms with Gasteiger partial charge in [-0.05, 0) is 0 Å². The van der Waals surface area contributed by atoms with Crippen LogP contribution < -0.4 is 0 Å². The van der Waals surface area contributed by atoms with Gasteiger partial charge in [-0.25, -0.2) is 0 Å². The summed E-state index contributed by atoms with van der Waals surface area (Å²) in [6.45, 7) is 5.73. The van der Waals surface area contributed by atoms with Gasteiger partial charge in [0.15, 0.2) is 0 Å². The molecule has 0 saturated heterocycles. The van der Waals surface area contributed by atoms with E-state index >= 15 is 0 Å². The van der Waals surface area contributed by atoms with E-state index in [0.29, 0.717) is 0 Å². The van der Waals surface area contributed by atoms with E-state index < -0.39 is 12.3 Å². The van der Waals surface area contributed by atoms with E-state index in [1.54, 1.807) is 0 Å². The summed E-state index contributed by atoms with van der Waals surface area (Å²) in [7, 11) is 0. The van der Waals surface area contributed by atoms with Crippen molar-refractivity contribution in [3.05, 3.63) is 0 Å². The molecule has 0 aromatic rings. The van der Waals surface area contributed by atoms with Gasteiger partial charge in [0, 0.05) is 6.42 Å². The SMILES string of the molecule is CCC(F)(F)C#N.CCCCCC. The molecule has 0 aliphatic heterocycles. The molecule has 3 heteroatoms. The van der Waals surface area contributed by atoms with Crippen LogP contribution in [0.4, 0.5) is 8.78 Å². The Balaban J connectivity index is 0. The Morgan fingerprint density at radius 1 is 1.08 bits per heavy atom. The minimum absolute atomic E-state index is 0.399. The molecule has 0 unspecified atom stereocenters. The first-order valence-corrected chi connectivity index (χ1v) is 4.83. The summed E-state index contributed by atoms with van der Waals surface area (Å²) in [6, 6.07) is 0.858. The number of unbranched alkanes of at least 4 members (excludes halogenated alkanes) is 3. The maximum absolute atomic E-state index is 11.5. The Morgan fingerprint density at radius 3 is 1.54 bits per heavy atom. The topological polar surface area (TPSA) is 23.8 Å². The smallest absolute Gasteiger partial charge is 0.192 e. The summed E-state index contributed by atoms with van der Waals surface area (Å²) in [5.74, 6) is -3.11. The Bertz CT molecular complexity index is 134. The molecule has 78 valence electrons. The van der Waals surface area contributed by atoms with E-state index in [1.807, 2.05) is 0 Å². The van der Waals surface area contributed by atoms with Crippen molar-refractivity contribution in [2.75, 3.05) is 0 Å². The van der Waals surface area contributed by atoms with E-state index in [4.69, 9.17) is 5.26 Å². The lowest BCUT2D eigenvalue weighted by Crippen LogP contribution is -2.08. The lowest BCUT2D eigenvalue weighted by atomic mass is 10.2. The Labute approximate surface area is 79.8 Å². The molecular formula is C10H19F2N. The van der Waals surface area contributed by atoms with Crippen LogP contribution in [0.5, 0.6) is 0 Å². The van der Waals surface area contributed by atoms with Gasteiger partial charge in [-0.3, -0.25) is 0 Å². The lowest BCUT2D eigenvalue weighted by Gasteiger charge is -1.98. The number of rotatable bonds is 4. The fourth-order valence-electron chi connectivity index (χ4n) is 0.579. The van der Waals surface area contributed by atoms with E-state index in [9.17, 15) is 8.78 Å². The van der Waals surface area contributed by atoms with Gasteiger partial charge >= 0.3 is 5.92 Å². The molecule has 0 amide bonds. The highest BCUT2D eigenvalue weighted by atomic mass is 19.3. The minimum Gasteiger partial charge on any atom is -0.192 e. The van der Waals surface area contributed by atoms with Gasteiger partial charge in [-0.1, -0.05) is 46.5 Å². The van der Waals surface area contributed by atoms with Crippen LogP contribution in [0.15, 0.2) is 0 Å². The fourth-order valence-corrected chi connectivity index (χ4v) is 0.579. The van der Waals surface area contributed by atoms with Crippen LogP contribution >= 0.6 is 0 Å². The first-order valence-electron chi connectivity index (χ1n) is 4.83. The van der Waals surface area contributed by atoms with Crippen molar-refractivity contribution in [1.82, 2.24) is 0 Å². The van der Waals surface area contributed by atoms with Crippen molar-refractivity contribution in [3.63, 3.8) is 0 Å². The average molecular weight is 191 g/mol. The molecule has 0 heterocycles. The monoisotopic (exact) mass is 191 g/mol. The highest BCUT2D eigenvalue weighted by Gasteiger charge is 2.23. The molecule has 0 spiro atoms. The summed E-state index contributed by atoms with van der Waals surface area (Å²) in [5, 5.41) is 7.59. The molecule has 13 heavy (non-hydrogen) atoms. The summed E-state index contributed by atoms with van der Waals surface area (Å²) in [5.41, 5.74) is 0. The zero-order valence-electron chi connectivity index (χ0n) is 8.74. The van der Waals surface area contributed by atoms with Crippen molar-refractivity contribution < 1.29 is 8.78 Å². The first-order chi connectivity index (χ1) is 6.04. The normalized spacial score (nSPS) is 9.85. The van der Waals surface area contributed by atoms with E-state index in [2.05, 4.69) is 13.8 Å². The Hall–Kier alpha value is -0.650. The van der Waals surface area contributed by atoms with Gasteiger partial charge in [0.2, 0.25) is 0 Å². The zero-order chi connectivity index (χ0) is 10.7. The van der Waals surface area contributed by atoms with Gasteiger partial charge in [0.05, 0.1) is 0 Å². The molecule has 0 atom stereocenters. The molecule has 0 saturated carbocycles. The van der Waals surface area contributed by atoms with Gasteiger partial charge < -0.3 is 0 Å². The first kappa shape index (κ1) is 14.9. The molecule has 0 bridgehead atoms. The van der Waals surface area contributed by atoms with Gasteiger partial charge in [0.25, 0.3) is 0 Å². The number of halogens is 2. The maximum atomic E-state index is 11.5. The molecule has 0 aliphatic carbocycles. The van der Waals surface area contributed by atoms with E-state index in [-0.39, 0.29) is 0 Å². The average Bonchev–Trinajstić information content (AvgIpc) is 2.16. The number of nitriles is 1. The predicted octanol–water partition coefficient (Wildman–Crippen LogP) is 4.14. The summed E-state index contributed by atoms with van der Waals surface area (Å²) >= 11 is 0. The van der Waals surface area contributed by atoms with Crippen molar-refractivity contribution in [2.24, 2.45) is 0 Å². The second-order valence-electron chi connectivity index (χ2n) is 2.88. The van der Waals surface area contributed by atoms with Crippen molar-refractivity contribution in [1.29, 1.82) is 5.26 Å². The molecular weight excluding hydrogens is 172 g/mol. The molecule has 1 nitrogen and oxygen atoms in total. The Morgan fingerprint density at radius 2 is 1.46 bits per heavy atom. The van der Waals surface area contributed by atoms with Crippen LogP contribution in [0, 0.1) is 11.3 Å². The van der Waals surface area contributed by atoms with Crippen LogP contribution in [0.3, 0.4) is 0 Å². The standard InChI is InChI=1S/C6H14.C4H5F2N/c1-3-5-6-4-2;1-2-4(5,6)3-7/h3-6H2,1-2H3;2H2,1H3. The number of nitrogens with zero attached hydrogens (tertiary/aromatic N) is 1. The zero-order valence-corrected chi connectivity index (χ0v) is 8.74. The second-order valence-corrected chi connectivity index (χ2v) is 2.88. The molecule has 0 fully saturated rings. The van der Waals surface area contributed by atoms with Gasteiger partial charge in [-0.15, -0.1) is 0 Å². The van der Waals surface area contributed by atoms with E-state index in [0.717, 1.165) is 6.07 Å². The molecule has 0 radical (unpaired) electrons. The quantitative estimate of drug-likeness (QED) is 0.612. The van der Waals surface area contributed by atoms with Crippen LogP contribution in [-0.4, -0.2) is 5.92 Å². The number of hydrogen-bond donors (Lipinski definition) is 0. The third kappa shape index (κ3) is 14.2. The second kappa shape index (κ2) is 9.44. The highest BCUT2D eigenvalue weighted by Crippen LogP contribution is 2.14. The minimum atomic E-state index is -3.11. The van der Waals surface area contributed by atoms with Crippen LogP contribution in [0.1, 0.15) is 52.9 Å². The predicted molar refractivity (Wildman–Crippen MR) is 50.7 cm³/mol. The summed E-state index contributed by atoms with van der Waals surface area (Å²) in [4.78, 5) is 0. The lowest BCUT2D eigenvalue weighted by molar-refractivity contribution is 0.0599. The van der Waals surface area contributed by atoms with Crippen LogP contribution in [-0.2, 0) is 0 Å². The van der Waals surface area contributed by atoms with Crippen LogP contribution in [0.2, 0.25) is 0 Å². The van der Waals surface area contributed by atoms with E-state index in [1.165, 1.54) is 32.6 Å². The number of hydrogen-bond acceptors (Lipinski definition) is 1. The molecule has 0 aromatic carbocycles. The molecule has 0 rings (SSSR count).